The highest BCUT2D eigenvalue weighted by molar-refractivity contribution is 6.08. The van der Waals surface area contributed by atoms with Crippen molar-refractivity contribution >= 4 is 21.5 Å². The normalized spacial score (nSPS) is 15.8. The molecule has 1 aliphatic rings. The fraction of sp³-hybridized carbons (Fsp3) is 0.333. The highest BCUT2D eigenvalue weighted by atomic mass is 16.7. The molecule has 0 spiro atoms. The van der Waals surface area contributed by atoms with E-state index in [4.69, 9.17) is 9.47 Å². The molecule has 156 valence electrons. The predicted octanol–water partition coefficient (Wildman–Crippen LogP) is 6.78. The Balaban J connectivity index is 0.000000383. The van der Waals surface area contributed by atoms with Crippen molar-refractivity contribution in [3.05, 3.63) is 84.3 Å². The summed E-state index contributed by atoms with van der Waals surface area (Å²) in [5.74, 6) is 0.449. The zero-order valence-electron chi connectivity index (χ0n) is 17.8. The Morgan fingerprint density at radius 2 is 1.57 bits per heavy atom. The van der Waals surface area contributed by atoms with Crippen molar-refractivity contribution < 1.29 is 13.9 Å². The van der Waals surface area contributed by atoms with Crippen molar-refractivity contribution in [3.63, 3.8) is 0 Å². The maximum absolute atomic E-state index is 5.86. The third-order valence-electron chi connectivity index (χ3n) is 5.85. The quantitative estimate of drug-likeness (QED) is 0.272. The number of fused-ring (bicyclic) bond motifs is 5. The molecule has 3 nitrogen and oxygen atoms in total. The van der Waals surface area contributed by atoms with Gasteiger partial charge in [-0.3, -0.25) is 0 Å². The first-order valence-electron chi connectivity index (χ1n) is 10.9. The van der Waals surface area contributed by atoms with Crippen LogP contribution < -0.4 is 0 Å². The van der Waals surface area contributed by atoms with Crippen LogP contribution in [0.4, 0.5) is 0 Å². The summed E-state index contributed by atoms with van der Waals surface area (Å²) in [6.07, 6.45) is 6.45. The lowest BCUT2D eigenvalue weighted by Crippen LogP contribution is -2.31. The van der Waals surface area contributed by atoms with E-state index >= 15 is 0 Å². The van der Waals surface area contributed by atoms with Crippen LogP contribution in [0.25, 0.3) is 21.5 Å². The largest absolute Gasteiger partial charge is 0.473 e. The van der Waals surface area contributed by atoms with Crippen molar-refractivity contribution in [1.29, 1.82) is 0 Å². The Bertz CT molecular complexity index is 1050. The van der Waals surface area contributed by atoms with Gasteiger partial charge in [0.25, 0.3) is 0 Å². The molecule has 0 fully saturated rings. The maximum Gasteiger partial charge on any atom is 0.160 e. The van der Waals surface area contributed by atoms with Crippen molar-refractivity contribution in [1.82, 2.24) is 0 Å². The van der Waals surface area contributed by atoms with E-state index in [2.05, 4.69) is 52.9 Å². The SMILES string of the molecule is CCOC(OCC)C1CCc2c(ccc3c2ccc2ccccc23)C1.c1ccoc1. The smallest absolute Gasteiger partial charge is 0.160 e. The molecule has 1 atom stereocenters. The van der Waals surface area contributed by atoms with Crippen LogP contribution in [0.2, 0.25) is 0 Å². The zero-order valence-corrected chi connectivity index (χ0v) is 17.8. The maximum atomic E-state index is 5.86. The summed E-state index contributed by atoms with van der Waals surface area (Å²) in [5.41, 5.74) is 2.98. The molecule has 0 bridgehead atoms. The van der Waals surface area contributed by atoms with Gasteiger partial charge in [0, 0.05) is 19.1 Å². The first-order valence-corrected chi connectivity index (χ1v) is 10.9. The molecule has 1 unspecified atom stereocenters. The molecular formula is C27H30O3. The second-order valence-corrected chi connectivity index (χ2v) is 7.66. The molecule has 30 heavy (non-hydrogen) atoms. The third kappa shape index (κ3) is 4.43. The summed E-state index contributed by atoms with van der Waals surface area (Å²) in [6.45, 7) is 5.50. The monoisotopic (exact) mass is 402 g/mol. The van der Waals surface area contributed by atoms with Gasteiger partial charge in [0.2, 0.25) is 0 Å². The minimum Gasteiger partial charge on any atom is -0.473 e. The van der Waals surface area contributed by atoms with Crippen molar-refractivity contribution in [3.8, 4) is 0 Å². The van der Waals surface area contributed by atoms with E-state index in [0.29, 0.717) is 19.1 Å². The molecule has 1 aromatic heterocycles. The molecule has 0 radical (unpaired) electrons. The second kappa shape index (κ2) is 9.92. The van der Waals surface area contributed by atoms with Gasteiger partial charge >= 0.3 is 0 Å². The average molecular weight is 403 g/mol. The Morgan fingerprint density at radius 1 is 0.833 bits per heavy atom. The second-order valence-electron chi connectivity index (χ2n) is 7.66. The summed E-state index contributed by atoms with van der Waals surface area (Å²) in [7, 11) is 0. The Morgan fingerprint density at radius 3 is 2.27 bits per heavy atom. The summed E-state index contributed by atoms with van der Waals surface area (Å²) in [4.78, 5) is 0. The molecule has 0 saturated carbocycles. The van der Waals surface area contributed by atoms with E-state index in [0.717, 1.165) is 19.3 Å². The Labute approximate surface area is 178 Å². The lowest BCUT2D eigenvalue weighted by molar-refractivity contribution is -0.169. The van der Waals surface area contributed by atoms with E-state index < -0.39 is 0 Å². The summed E-state index contributed by atoms with van der Waals surface area (Å²) >= 11 is 0. The van der Waals surface area contributed by atoms with E-state index in [1.807, 2.05) is 26.0 Å². The Hall–Kier alpha value is -2.62. The lowest BCUT2D eigenvalue weighted by atomic mass is 9.80. The highest BCUT2D eigenvalue weighted by Crippen LogP contribution is 2.36. The topological polar surface area (TPSA) is 31.6 Å². The molecule has 3 heteroatoms. The van der Waals surface area contributed by atoms with Gasteiger partial charge in [0.15, 0.2) is 6.29 Å². The first-order chi connectivity index (χ1) is 14.8. The zero-order chi connectivity index (χ0) is 20.8. The predicted molar refractivity (Wildman–Crippen MR) is 123 cm³/mol. The molecule has 1 aliphatic carbocycles. The van der Waals surface area contributed by atoms with Gasteiger partial charge < -0.3 is 13.9 Å². The third-order valence-corrected chi connectivity index (χ3v) is 5.85. The molecule has 1 heterocycles. The Kier molecular flexibility index (Phi) is 6.83. The van der Waals surface area contributed by atoms with Gasteiger partial charge in [0.1, 0.15) is 0 Å². The number of ether oxygens (including phenoxy) is 2. The number of hydrogen-bond donors (Lipinski definition) is 0. The summed E-state index contributed by atoms with van der Waals surface area (Å²) in [6, 6.07) is 21.5. The van der Waals surface area contributed by atoms with E-state index in [1.165, 1.54) is 32.7 Å². The molecule has 3 aromatic carbocycles. The minimum absolute atomic E-state index is 0.0737. The van der Waals surface area contributed by atoms with Crippen LogP contribution in [0.3, 0.4) is 0 Å². The number of benzene rings is 3. The molecule has 0 N–H and O–H groups in total. The van der Waals surface area contributed by atoms with Gasteiger partial charge in [-0.1, -0.05) is 48.5 Å². The van der Waals surface area contributed by atoms with Crippen molar-refractivity contribution in [2.75, 3.05) is 13.2 Å². The summed E-state index contributed by atoms with van der Waals surface area (Å²) < 4.78 is 16.3. The number of hydrogen-bond acceptors (Lipinski definition) is 3. The highest BCUT2D eigenvalue weighted by Gasteiger charge is 2.28. The van der Waals surface area contributed by atoms with Crippen LogP contribution in [-0.2, 0) is 22.3 Å². The molecular weight excluding hydrogens is 372 g/mol. The van der Waals surface area contributed by atoms with Crippen LogP contribution in [0.5, 0.6) is 0 Å². The van der Waals surface area contributed by atoms with Gasteiger partial charge in [-0.15, -0.1) is 0 Å². The lowest BCUT2D eigenvalue weighted by Gasteiger charge is -2.31. The fourth-order valence-corrected chi connectivity index (χ4v) is 4.50. The molecule has 0 aliphatic heterocycles. The average Bonchev–Trinajstić information content (AvgIpc) is 3.38. The van der Waals surface area contributed by atoms with E-state index in [1.54, 1.807) is 12.5 Å². The number of furan rings is 1. The standard InChI is InChI=1S/C23H26O2.C4H4O/c1-3-24-23(25-4-2)18-11-12-20-17(15-18)10-14-21-19-8-6-5-7-16(19)9-13-22(20)21;1-2-4-5-3-1/h5-10,13-14,18,23H,3-4,11-12,15H2,1-2H3;1-4H. The van der Waals surface area contributed by atoms with Gasteiger partial charge in [-0.05, 0) is 77.9 Å². The van der Waals surface area contributed by atoms with E-state index in [-0.39, 0.29) is 6.29 Å². The molecule has 4 aromatic rings. The molecule has 5 rings (SSSR count). The van der Waals surface area contributed by atoms with Crippen LogP contribution >= 0.6 is 0 Å². The van der Waals surface area contributed by atoms with Crippen LogP contribution in [-0.4, -0.2) is 19.5 Å². The number of rotatable bonds is 5. The van der Waals surface area contributed by atoms with Gasteiger partial charge in [0.05, 0.1) is 12.5 Å². The van der Waals surface area contributed by atoms with E-state index in [9.17, 15) is 0 Å². The first kappa shape index (κ1) is 20.6. The van der Waals surface area contributed by atoms with Crippen LogP contribution in [0.15, 0.2) is 77.6 Å². The van der Waals surface area contributed by atoms with Crippen LogP contribution in [0, 0.1) is 5.92 Å². The fourth-order valence-electron chi connectivity index (χ4n) is 4.50. The van der Waals surface area contributed by atoms with Crippen molar-refractivity contribution in [2.24, 2.45) is 5.92 Å². The van der Waals surface area contributed by atoms with Crippen molar-refractivity contribution in [2.45, 2.75) is 39.4 Å². The van der Waals surface area contributed by atoms with Crippen LogP contribution in [0.1, 0.15) is 31.4 Å². The minimum atomic E-state index is -0.0737. The summed E-state index contributed by atoms with van der Waals surface area (Å²) in [5, 5.41) is 5.46. The van der Waals surface area contributed by atoms with Gasteiger partial charge in [-0.25, -0.2) is 0 Å². The number of aryl methyl sites for hydroxylation is 1. The molecule has 0 saturated heterocycles. The van der Waals surface area contributed by atoms with Gasteiger partial charge in [-0.2, -0.15) is 0 Å². The molecule has 0 amide bonds.